The van der Waals surface area contributed by atoms with Crippen LogP contribution in [-0.4, -0.2) is 226 Å². The maximum absolute atomic E-state index is 12.3. The van der Waals surface area contributed by atoms with Gasteiger partial charge in [0, 0.05) is 124 Å². The van der Waals surface area contributed by atoms with Gasteiger partial charge in [0.05, 0.1) is 130 Å². The van der Waals surface area contributed by atoms with Gasteiger partial charge in [-0.3, -0.25) is 33.1 Å². The van der Waals surface area contributed by atoms with E-state index < -0.39 is 57.3 Å². The average molecular weight is 1920 g/mol. The molecular weight excluding hydrogens is 1810 g/mol. The number of carbonyl (C=O) groups excluding carboxylic acids is 7. The van der Waals surface area contributed by atoms with Crippen molar-refractivity contribution in [1.29, 1.82) is 0 Å². The number of ether oxygens (including phenoxy) is 7. The van der Waals surface area contributed by atoms with Crippen LogP contribution >= 0.6 is 68.0 Å². The third kappa shape index (κ3) is 32.1. The van der Waals surface area contributed by atoms with Crippen LogP contribution in [0.2, 0.25) is 0 Å². The number of carboxylic acids is 1. The van der Waals surface area contributed by atoms with Gasteiger partial charge in [-0.1, -0.05) is 0 Å². The van der Waals surface area contributed by atoms with E-state index in [1.54, 1.807) is 137 Å². The van der Waals surface area contributed by atoms with Gasteiger partial charge in [0.1, 0.15) is 56.9 Å². The second-order valence-corrected chi connectivity index (χ2v) is 38.1. The number of amides is 1. The quantitative estimate of drug-likeness (QED) is 0.0122. The molecule has 8 aromatic rings. The van der Waals surface area contributed by atoms with E-state index in [1.807, 2.05) is 69.2 Å². The Balaban J connectivity index is 0.000000307. The molecule has 15 rings (SSSR count). The van der Waals surface area contributed by atoms with Gasteiger partial charge in [-0.25, -0.2) is 53.9 Å². The Morgan fingerprint density at radius 2 is 1.12 bits per heavy atom. The number of pyridine rings is 2. The molecule has 36 nitrogen and oxygen atoms in total. The van der Waals surface area contributed by atoms with Crippen LogP contribution in [0.15, 0.2) is 73.5 Å². The monoisotopic (exact) mass is 1920 g/mol. The summed E-state index contributed by atoms with van der Waals surface area (Å²) in [5, 5.41) is 41.7. The number of ketones is 2. The van der Waals surface area contributed by atoms with E-state index in [-0.39, 0.29) is 151 Å². The zero-order chi connectivity index (χ0) is 93.8. The first-order chi connectivity index (χ1) is 59.5. The second-order valence-electron chi connectivity index (χ2n) is 29.3. The summed E-state index contributed by atoms with van der Waals surface area (Å²) in [4.78, 5) is 152. The second kappa shape index (κ2) is 52.9. The van der Waals surface area contributed by atoms with Gasteiger partial charge >= 0.3 is 69.8 Å². The third-order valence-electron chi connectivity index (χ3n) is 17.9. The van der Waals surface area contributed by atoms with Crippen molar-refractivity contribution in [2.24, 2.45) is 4.99 Å². The molecule has 6 unspecified atom stereocenters. The van der Waals surface area contributed by atoms with E-state index in [9.17, 15) is 56.4 Å². The van der Waals surface area contributed by atoms with Crippen molar-refractivity contribution in [3.63, 3.8) is 0 Å². The van der Waals surface area contributed by atoms with Gasteiger partial charge in [0.15, 0.2) is 28.7 Å². The minimum Gasteiger partial charge on any atom is -0.870 e. The standard InChI is InChI=1S/C15H18N2O3S.C15H16N2O3S.C13H12N2O3S.C9H14O4.C8H10N2S.C8H15NO5S.C7H9NO2S.C5H5NOS.C2H6O2.C2H6O.Na.H2O/c2*1-4-20-15(19)10-7-17-8(2)5-13-14(16-9(3)21-13)11(17)6-12(10)18;1-6-3-11-12(14-7(2)19-11)9-4-10(16)8(13(17)18)5-15(6)9;1-4-12-6-8(7(3)10)9(11)13-5-2;1-5-3-8-7(4-9-5)10-6(2)11-8;1-6-5-13-15(11,12)9(6)7(10)14-8(2,3)4;1-5-8-6(4-11-5)7-9-2-3-10-7;1-4-6-5(2-7)3-8-4;3-1-2-4;1-2-3;;/h7-8,11H,4-6H2,1-3H3;6-8H,4-5H2,1-3H3;4-6H,3H2,1-2H3,(H,17,18);6H,4-5H2,1-3H3;4-5H,3H2,1-2H3;6H,5H2,1-4H3;4,7H,2-3H2,1H3;2-3H,1H3;3-4H,1-2H2;3H,2H2,1H3;;1H2/q;;;;;;;;;;+1;/p-1/b;;;8-6-;;;;;;;;. The van der Waals surface area contributed by atoms with Crippen LogP contribution in [0.3, 0.4) is 0 Å². The number of fused-ring (bicyclic) bond motifs is 10. The minimum absolute atomic E-state index is 0. The summed E-state index contributed by atoms with van der Waals surface area (Å²) in [6, 6.07) is 3.32. The summed E-state index contributed by atoms with van der Waals surface area (Å²) in [5.41, 5.74) is 5.21. The Kier molecular flexibility index (Phi) is 46.1. The van der Waals surface area contributed by atoms with Gasteiger partial charge in [0.25, 0.3) is 0 Å². The fraction of sp³-hybridized carbons (Fsp3) is 0.512. The number of aromatic carboxylic acids is 1. The SMILES string of the molecule is CC1COS(=O)(=O)N1C(=O)OC(C)(C)C.CCO.CCO/C=C(/C(C)=O)C(=O)OCC.CCOC(=O)C1=CN2C(C)Cc3sc(C)nc3C2CC1=O.CCOC(=O)c1cn2c(cc1=O)-c1nc(C)sc1CC2C.Cc1nc(C2OCCO2)cs1.Cc1nc(C=O)cs1.Cc1nc2c(s1)CC(C)N=C2.Cc1nc2c(s1)CC(C)n1cc(C(=O)O)c(=O)cc1-2.OCCO.[Na+].[OH-]. The van der Waals surface area contributed by atoms with E-state index in [0.29, 0.717) is 48.0 Å². The molecule has 2 fully saturated rings. The number of carbonyl (C=O) groups is 8. The topological polar surface area (TPSA) is 496 Å². The summed E-state index contributed by atoms with van der Waals surface area (Å²) < 4.78 is 66.4. The summed E-state index contributed by atoms with van der Waals surface area (Å²) in [6.07, 6.45) is 11.3. The molecule has 5 N–H and O–H groups in total. The molecule has 0 bridgehead atoms. The van der Waals surface area contributed by atoms with E-state index in [4.69, 9.17) is 48.8 Å². The molecule has 7 aliphatic heterocycles. The number of rotatable bonds is 13. The van der Waals surface area contributed by atoms with Crippen molar-refractivity contribution in [2.75, 3.05) is 66.1 Å². The number of hydrogen-bond acceptors (Lipinski definition) is 38. The average Bonchev–Trinajstić information content (AvgIpc) is 1.76. The van der Waals surface area contributed by atoms with Crippen LogP contribution in [-0.2, 0) is 92.5 Å². The van der Waals surface area contributed by atoms with Crippen LogP contribution in [0.1, 0.15) is 226 Å². The minimum atomic E-state index is -3.95. The Morgan fingerprint density at radius 3 is 1.59 bits per heavy atom. The van der Waals surface area contributed by atoms with Crippen molar-refractivity contribution in [2.45, 2.75) is 219 Å². The van der Waals surface area contributed by atoms with Crippen molar-refractivity contribution in [1.82, 2.24) is 48.2 Å². The number of nitrogens with zero attached hydrogens (tertiary/aromatic N) is 11. The van der Waals surface area contributed by atoms with Crippen LogP contribution in [0, 0.1) is 41.5 Å². The van der Waals surface area contributed by atoms with Crippen LogP contribution in [0.5, 0.6) is 0 Å². The summed E-state index contributed by atoms with van der Waals surface area (Å²) in [5.74, 6) is -3.41. The summed E-state index contributed by atoms with van der Waals surface area (Å²) in [6.45, 7) is 39.1. The normalized spacial score (nSPS) is 17.7. The van der Waals surface area contributed by atoms with E-state index in [0.717, 1.165) is 107 Å². The molecule has 7 aliphatic rings. The maximum Gasteiger partial charge on any atom is 1.00 e. The number of aromatic nitrogens is 8. The Morgan fingerprint density at radius 1 is 0.617 bits per heavy atom. The fourth-order valence-corrected chi connectivity index (χ4v) is 19.2. The van der Waals surface area contributed by atoms with Gasteiger partial charge in [-0.2, -0.15) is 12.7 Å². The molecule has 8 aromatic heterocycles. The van der Waals surface area contributed by atoms with Gasteiger partial charge < -0.3 is 73.1 Å². The molecule has 0 radical (unpaired) electrons. The predicted octanol–water partition coefficient (Wildman–Crippen LogP) is 9.15. The number of aliphatic hydroxyl groups is 3. The molecule has 0 aromatic carbocycles. The summed E-state index contributed by atoms with van der Waals surface area (Å²) >= 11 is 9.90. The number of aldehydes is 1. The largest absolute Gasteiger partial charge is 1.00 e. The Hall–Kier alpha value is -8.74. The number of aliphatic imine (C=N–C) groups is 1. The Bertz CT molecular complexity index is 5420. The zero-order valence-corrected chi connectivity index (χ0v) is 83.3. The van der Waals surface area contributed by atoms with Crippen molar-refractivity contribution >= 4 is 132 Å². The van der Waals surface area contributed by atoms with Crippen LogP contribution in [0.25, 0.3) is 22.8 Å². The Labute approximate surface area is 789 Å². The van der Waals surface area contributed by atoms with E-state index >= 15 is 0 Å². The van der Waals surface area contributed by atoms with Crippen molar-refractivity contribution in [3.05, 3.63) is 163 Å². The first-order valence-corrected chi connectivity index (χ1v) is 46.7. The molecule has 128 heavy (non-hydrogen) atoms. The van der Waals surface area contributed by atoms with Crippen LogP contribution < -0.4 is 40.4 Å². The number of aliphatic hydroxyl groups excluding tert-OH is 3. The van der Waals surface area contributed by atoms with Gasteiger partial charge in [0.2, 0.25) is 6.29 Å². The molecule has 6 atom stereocenters. The molecular formula is C84H112N11NaO25S7. The molecule has 1 amide bonds. The number of Topliss-reactive ketones (excluding diaryl/α,β-unsaturated/α-hetero) is 2. The molecule has 0 saturated carbocycles. The molecule has 15 heterocycles. The smallest absolute Gasteiger partial charge is 0.870 e. The molecule has 0 spiro atoms. The molecule has 2 saturated heterocycles. The van der Waals surface area contributed by atoms with E-state index in [1.165, 1.54) is 51.2 Å². The predicted molar refractivity (Wildman–Crippen MR) is 481 cm³/mol. The molecule has 44 heteroatoms. The summed E-state index contributed by atoms with van der Waals surface area (Å²) in [7, 11) is -3.95. The first kappa shape index (κ1) is 112. The number of thiazole rings is 6. The van der Waals surface area contributed by atoms with Crippen molar-refractivity contribution < 1.29 is 140 Å². The van der Waals surface area contributed by atoms with Crippen LogP contribution in [0.4, 0.5) is 4.79 Å². The number of hydrogen-bond donors (Lipinski definition) is 4. The molecule has 696 valence electrons. The third-order valence-corrected chi connectivity index (χ3v) is 24.9. The zero-order valence-electron chi connectivity index (χ0n) is 75.6. The van der Waals surface area contributed by atoms with Crippen molar-refractivity contribution in [3.8, 4) is 22.8 Å². The fourth-order valence-electron chi connectivity index (χ4n) is 12.6. The first-order valence-electron chi connectivity index (χ1n) is 40.3. The van der Waals surface area contributed by atoms with Gasteiger partial charge in [-0.15, -0.1) is 68.0 Å². The molecule has 0 aliphatic carbocycles. The number of aryl methyl sites for hydroxylation is 6. The number of esters is 3. The maximum atomic E-state index is 12.3. The number of carboxylic acid groups (broad SMARTS) is 1. The van der Waals surface area contributed by atoms with E-state index in [2.05, 4.69) is 69.5 Å². The van der Waals surface area contributed by atoms with Gasteiger partial charge in [-0.05, 0) is 138 Å².